The van der Waals surface area contributed by atoms with Gasteiger partial charge >= 0.3 is 5.97 Å². The van der Waals surface area contributed by atoms with Crippen molar-refractivity contribution < 1.29 is 19.4 Å². The first kappa shape index (κ1) is 21.3. The van der Waals surface area contributed by atoms with E-state index in [1.165, 1.54) is 11.3 Å². The summed E-state index contributed by atoms with van der Waals surface area (Å²) in [7, 11) is 0. The molecule has 1 atom stereocenters. The fraction of sp³-hybridized carbons (Fsp3) is 0.455. The van der Waals surface area contributed by atoms with E-state index in [1.54, 1.807) is 6.07 Å². The molecule has 1 aliphatic rings. The number of hydrogen-bond acceptors (Lipinski definition) is 7. The molecule has 2 N–H and O–H groups in total. The van der Waals surface area contributed by atoms with Crippen molar-refractivity contribution in [1.29, 1.82) is 5.26 Å². The molecule has 0 saturated heterocycles. The van der Waals surface area contributed by atoms with Crippen molar-refractivity contribution in [2.75, 3.05) is 6.61 Å². The van der Waals surface area contributed by atoms with Crippen LogP contribution in [0.3, 0.4) is 0 Å². The van der Waals surface area contributed by atoms with Gasteiger partial charge in [-0.05, 0) is 38.3 Å². The average molecular weight is 441 g/mol. The Morgan fingerprint density at radius 2 is 2.26 bits per heavy atom. The predicted octanol–water partition coefficient (Wildman–Crippen LogP) is 4.13. The minimum atomic E-state index is -0.919. The predicted molar refractivity (Wildman–Crippen MR) is 115 cm³/mol. The van der Waals surface area contributed by atoms with Gasteiger partial charge in [-0.1, -0.05) is 24.7 Å². The minimum Gasteiger partial charge on any atom is -0.486 e. The largest absolute Gasteiger partial charge is 0.486 e. The van der Waals surface area contributed by atoms with Crippen molar-refractivity contribution in [3.63, 3.8) is 0 Å². The van der Waals surface area contributed by atoms with Crippen molar-refractivity contribution in [1.82, 2.24) is 15.2 Å². The Bertz CT molecular complexity index is 1190. The monoisotopic (exact) mass is 440 g/mol. The van der Waals surface area contributed by atoms with Crippen molar-refractivity contribution >= 4 is 28.2 Å². The maximum Gasteiger partial charge on any atom is 0.306 e. The number of benzene rings is 1. The second-order valence-electron chi connectivity index (χ2n) is 7.80. The summed E-state index contributed by atoms with van der Waals surface area (Å²) >= 11 is 1.47. The summed E-state index contributed by atoms with van der Waals surface area (Å²) < 4.78 is 12.1. The highest BCUT2D eigenvalue weighted by atomic mass is 32.1. The van der Waals surface area contributed by atoms with Gasteiger partial charge in [0.2, 0.25) is 0 Å². The Morgan fingerprint density at radius 3 is 2.90 bits per heavy atom. The molecule has 0 amide bonds. The number of aromatic nitrogens is 3. The smallest absolute Gasteiger partial charge is 0.306 e. The molecule has 8 nitrogen and oxygen atoms in total. The molecule has 1 aromatic carbocycles. The Balaban J connectivity index is 1.83. The van der Waals surface area contributed by atoms with Gasteiger partial charge in [0.05, 0.1) is 35.9 Å². The fourth-order valence-corrected chi connectivity index (χ4v) is 5.08. The van der Waals surface area contributed by atoms with Crippen molar-refractivity contribution in [3.8, 4) is 11.8 Å². The Hall–Kier alpha value is -2.96. The van der Waals surface area contributed by atoms with Crippen molar-refractivity contribution in [3.05, 3.63) is 38.5 Å². The zero-order valence-electron chi connectivity index (χ0n) is 17.7. The van der Waals surface area contributed by atoms with Crippen LogP contribution in [0.25, 0.3) is 10.9 Å². The number of carbonyl (C=O) groups is 1. The molecule has 0 radical (unpaired) electrons. The molecule has 4 rings (SSSR count). The van der Waals surface area contributed by atoms with E-state index in [0.29, 0.717) is 30.8 Å². The molecule has 0 fully saturated rings. The number of hydrogen-bond donors (Lipinski definition) is 2. The molecule has 162 valence electrons. The van der Waals surface area contributed by atoms with Crippen LogP contribution in [0.1, 0.15) is 58.6 Å². The van der Waals surface area contributed by atoms with Gasteiger partial charge in [0, 0.05) is 10.9 Å². The lowest BCUT2D eigenvalue weighted by Gasteiger charge is -2.36. The number of rotatable bonds is 7. The number of fused-ring (bicyclic) bond motifs is 3. The topological polar surface area (TPSA) is 121 Å². The van der Waals surface area contributed by atoms with E-state index in [9.17, 15) is 15.2 Å². The van der Waals surface area contributed by atoms with Crippen LogP contribution in [0.4, 0.5) is 0 Å². The number of aliphatic carboxylic acids is 1. The van der Waals surface area contributed by atoms with E-state index in [1.807, 2.05) is 20.8 Å². The molecule has 3 heterocycles. The highest BCUT2D eigenvalue weighted by Gasteiger charge is 2.42. The molecule has 31 heavy (non-hydrogen) atoms. The third-order valence-electron chi connectivity index (χ3n) is 5.71. The Labute approximate surface area is 183 Å². The number of carboxylic acids is 1. The maximum absolute atomic E-state index is 11.7. The number of ether oxygens (including phenoxy) is 2. The Morgan fingerprint density at radius 1 is 1.45 bits per heavy atom. The molecule has 0 spiro atoms. The number of carboxylic acid groups (broad SMARTS) is 1. The lowest BCUT2D eigenvalue weighted by Crippen LogP contribution is -2.37. The first-order valence-electron chi connectivity index (χ1n) is 10.2. The van der Waals surface area contributed by atoms with Crippen LogP contribution in [0.2, 0.25) is 0 Å². The molecule has 2 aromatic heterocycles. The SMILES string of the molecule is CCC[C@]1(CC(=O)O)OCCc2c1[nH]c1c(C)c(OCc3nnc(C)s3)cc(C#N)c21. The summed E-state index contributed by atoms with van der Waals surface area (Å²) in [6.07, 6.45) is 1.86. The molecule has 0 bridgehead atoms. The highest BCUT2D eigenvalue weighted by molar-refractivity contribution is 7.11. The van der Waals surface area contributed by atoms with Crippen LogP contribution in [0.15, 0.2) is 6.07 Å². The number of nitriles is 1. The fourth-order valence-electron chi connectivity index (χ4n) is 4.46. The maximum atomic E-state index is 11.7. The van der Waals surface area contributed by atoms with Crippen LogP contribution in [0, 0.1) is 25.2 Å². The second kappa shape index (κ2) is 8.29. The molecular formula is C22H24N4O4S. The molecule has 0 unspecified atom stereocenters. The van der Waals surface area contributed by atoms with Crippen LogP contribution in [-0.2, 0) is 28.2 Å². The average Bonchev–Trinajstić information content (AvgIpc) is 3.32. The molecule has 1 aliphatic heterocycles. The molecule has 0 saturated carbocycles. The second-order valence-corrected chi connectivity index (χ2v) is 9.07. The number of aryl methyl sites for hydroxylation is 2. The van der Waals surface area contributed by atoms with Gasteiger partial charge in [0.25, 0.3) is 0 Å². The van der Waals surface area contributed by atoms with Crippen molar-refractivity contribution in [2.24, 2.45) is 0 Å². The summed E-state index contributed by atoms with van der Waals surface area (Å²) in [5, 5.41) is 30.0. The van der Waals surface area contributed by atoms with Crippen LogP contribution < -0.4 is 4.74 Å². The number of aromatic amines is 1. The zero-order valence-corrected chi connectivity index (χ0v) is 18.6. The molecular weight excluding hydrogens is 416 g/mol. The van der Waals surface area contributed by atoms with Crippen LogP contribution in [0.5, 0.6) is 5.75 Å². The van der Waals surface area contributed by atoms with Gasteiger partial charge < -0.3 is 19.6 Å². The standard InChI is InChI=1S/C22H24N4O4S/c1-4-6-22(9-18(27)28)21-15(5-7-30-22)19-14(10-23)8-16(12(2)20(19)24-21)29-11-17-26-25-13(3)31-17/h8,24H,4-7,9,11H2,1-3H3,(H,27,28)/t22-/m1/s1. The van der Waals surface area contributed by atoms with E-state index in [2.05, 4.69) is 21.3 Å². The lowest BCUT2D eigenvalue weighted by molar-refractivity contribution is -0.149. The Kier molecular flexibility index (Phi) is 5.69. The molecule has 9 heteroatoms. The van der Waals surface area contributed by atoms with Gasteiger partial charge in [-0.2, -0.15) is 5.26 Å². The quantitative estimate of drug-likeness (QED) is 0.566. The molecule has 3 aromatic rings. The van der Waals surface area contributed by atoms with E-state index in [-0.39, 0.29) is 13.0 Å². The third-order valence-corrected chi connectivity index (χ3v) is 6.52. The normalized spacial score (nSPS) is 18.0. The van der Waals surface area contributed by atoms with Gasteiger partial charge in [0.15, 0.2) is 5.01 Å². The summed E-state index contributed by atoms with van der Waals surface area (Å²) in [5.74, 6) is -0.315. The lowest BCUT2D eigenvalue weighted by atomic mass is 9.84. The first-order valence-corrected chi connectivity index (χ1v) is 11.1. The van der Waals surface area contributed by atoms with Crippen LogP contribution >= 0.6 is 11.3 Å². The van der Waals surface area contributed by atoms with E-state index in [4.69, 9.17) is 9.47 Å². The van der Waals surface area contributed by atoms with E-state index < -0.39 is 11.6 Å². The highest BCUT2D eigenvalue weighted by Crippen LogP contribution is 2.45. The minimum absolute atomic E-state index is 0.124. The number of H-pyrrole nitrogens is 1. The summed E-state index contributed by atoms with van der Waals surface area (Å²) in [6.45, 7) is 6.52. The van der Waals surface area contributed by atoms with Gasteiger partial charge in [0.1, 0.15) is 23.0 Å². The molecule has 0 aliphatic carbocycles. The van der Waals surface area contributed by atoms with E-state index >= 15 is 0 Å². The number of nitrogens with one attached hydrogen (secondary N) is 1. The zero-order chi connectivity index (χ0) is 22.2. The summed E-state index contributed by atoms with van der Waals surface area (Å²) in [6, 6.07) is 4.05. The summed E-state index contributed by atoms with van der Waals surface area (Å²) in [5.41, 5.74) is 2.99. The number of nitrogens with zero attached hydrogens (tertiary/aromatic N) is 3. The van der Waals surface area contributed by atoms with Gasteiger partial charge in [-0.15, -0.1) is 10.2 Å². The van der Waals surface area contributed by atoms with E-state index in [0.717, 1.165) is 44.2 Å². The van der Waals surface area contributed by atoms with Gasteiger partial charge in [-0.25, -0.2) is 0 Å². The third kappa shape index (κ3) is 3.77. The van der Waals surface area contributed by atoms with Crippen molar-refractivity contribution in [2.45, 2.75) is 58.7 Å². The van der Waals surface area contributed by atoms with Crippen LogP contribution in [-0.4, -0.2) is 32.9 Å². The first-order chi connectivity index (χ1) is 14.9. The van der Waals surface area contributed by atoms with Gasteiger partial charge in [-0.3, -0.25) is 4.79 Å². The summed E-state index contributed by atoms with van der Waals surface area (Å²) in [4.78, 5) is 15.1.